The molecular formula is C19H17ClN6O3. The zero-order valence-corrected chi connectivity index (χ0v) is 16.6. The smallest absolute Gasteiger partial charge is 0.341 e. The van der Waals surface area contributed by atoms with Crippen molar-refractivity contribution >= 4 is 34.7 Å². The van der Waals surface area contributed by atoms with E-state index in [2.05, 4.69) is 20.4 Å². The van der Waals surface area contributed by atoms with Gasteiger partial charge < -0.3 is 19.4 Å². The zero-order valence-electron chi connectivity index (χ0n) is 15.9. The Morgan fingerprint density at radius 1 is 1.28 bits per heavy atom. The number of imidazole rings is 1. The first-order valence-electron chi connectivity index (χ1n) is 8.59. The Hall–Kier alpha value is -3.59. The van der Waals surface area contributed by atoms with Crippen molar-refractivity contribution in [2.45, 2.75) is 6.92 Å². The maximum atomic E-state index is 12.1. The van der Waals surface area contributed by atoms with E-state index in [0.29, 0.717) is 22.9 Å². The molecule has 0 fully saturated rings. The highest BCUT2D eigenvalue weighted by molar-refractivity contribution is 6.28. The average molecular weight is 413 g/mol. The van der Waals surface area contributed by atoms with Crippen LogP contribution >= 0.6 is 11.6 Å². The Bertz CT molecular complexity index is 1220. The van der Waals surface area contributed by atoms with E-state index in [1.807, 2.05) is 25.1 Å². The largest absolute Gasteiger partial charge is 0.496 e. The van der Waals surface area contributed by atoms with Gasteiger partial charge in [-0.1, -0.05) is 0 Å². The first-order valence-corrected chi connectivity index (χ1v) is 8.97. The lowest BCUT2D eigenvalue weighted by Crippen LogP contribution is -2.07. The maximum absolute atomic E-state index is 12.1. The second-order valence-corrected chi connectivity index (χ2v) is 6.53. The Kier molecular flexibility index (Phi) is 4.81. The number of aromatic nitrogens is 5. The third-order valence-corrected chi connectivity index (χ3v) is 4.52. The minimum Gasteiger partial charge on any atom is -0.496 e. The molecule has 3 aromatic heterocycles. The summed E-state index contributed by atoms with van der Waals surface area (Å²) in [6, 6.07) is 7.29. The lowest BCUT2D eigenvalue weighted by molar-refractivity contribution is 0.0597. The van der Waals surface area contributed by atoms with Gasteiger partial charge in [0.1, 0.15) is 29.0 Å². The molecule has 3 heterocycles. The summed E-state index contributed by atoms with van der Waals surface area (Å²) in [5, 5.41) is 7.36. The quantitative estimate of drug-likeness (QED) is 0.502. The van der Waals surface area contributed by atoms with Crippen molar-refractivity contribution in [3.63, 3.8) is 0 Å². The van der Waals surface area contributed by atoms with Crippen molar-refractivity contribution in [2.75, 3.05) is 19.5 Å². The second-order valence-electron chi connectivity index (χ2n) is 6.19. The number of methoxy groups -OCH3 is 2. The van der Waals surface area contributed by atoms with Crippen molar-refractivity contribution in [2.24, 2.45) is 0 Å². The molecule has 0 bridgehead atoms. The number of carbonyl (C=O) groups is 1. The molecule has 0 saturated carbocycles. The van der Waals surface area contributed by atoms with Crippen LogP contribution in [0.1, 0.15) is 15.9 Å². The molecule has 0 radical (unpaired) electrons. The van der Waals surface area contributed by atoms with Crippen LogP contribution < -0.4 is 10.1 Å². The van der Waals surface area contributed by atoms with E-state index in [4.69, 9.17) is 21.1 Å². The van der Waals surface area contributed by atoms with E-state index < -0.39 is 5.97 Å². The predicted octanol–water partition coefficient (Wildman–Crippen LogP) is 3.42. The summed E-state index contributed by atoms with van der Waals surface area (Å²) in [5.74, 6) is 1.08. The van der Waals surface area contributed by atoms with E-state index in [0.717, 1.165) is 16.8 Å². The average Bonchev–Trinajstić information content (AvgIpc) is 3.36. The fourth-order valence-electron chi connectivity index (χ4n) is 3.09. The standard InChI is InChI=1S/C19H17ClN6O3/c1-11-7-12(8-13(16(11)28-2)18(27)29-3)25-9-15(21-10-25)22-17-14-5-4-6-26(14)24-19(20)23-17/h4-10H,1-3H3,(H,22,23,24). The Morgan fingerprint density at radius 3 is 2.86 bits per heavy atom. The molecular weight excluding hydrogens is 396 g/mol. The summed E-state index contributed by atoms with van der Waals surface area (Å²) in [7, 11) is 2.85. The Morgan fingerprint density at radius 2 is 2.10 bits per heavy atom. The van der Waals surface area contributed by atoms with Crippen LogP contribution in [0, 0.1) is 6.92 Å². The second kappa shape index (κ2) is 7.44. The van der Waals surface area contributed by atoms with Gasteiger partial charge in [0.25, 0.3) is 0 Å². The molecule has 0 saturated heterocycles. The highest BCUT2D eigenvalue weighted by Gasteiger charge is 2.17. The molecule has 1 N–H and O–H groups in total. The number of nitrogens with zero attached hydrogens (tertiary/aromatic N) is 5. The molecule has 0 unspecified atom stereocenters. The number of nitrogens with one attached hydrogen (secondary N) is 1. The fraction of sp³-hybridized carbons (Fsp3) is 0.158. The van der Waals surface area contributed by atoms with E-state index in [9.17, 15) is 4.79 Å². The number of rotatable bonds is 5. The van der Waals surface area contributed by atoms with Crippen molar-refractivity contribution < 1.29 is 14.3 Å². The lowest BCUT2D eigenvalue weighted by atomic mass is 10.1. The molecule has 0 aliphatic carbocycles. The SMILES string of the molecule is COC(=O)c1cc(-n2cnc(Nc3nc(Cl)nn4cccc34)c2)cc(C)c1OC. The number of carbonyl (C=O) groups excluding carboxylic acids is 1. The van der Waals surface area contributed by atoms with Crippen LogP contribution in [0.5, 0.6) is 5.75 Å². The molecule has 4 rings (SSSR count). The molecule has 0 aliphatic heterocycles. The van der Waals surface area contributed by atoms with Crippen LogP contribution in [0.15, 0.2) is 43.0 Å². The summed E-state index contributed by atoms with van der Waals surface area (Å²) in [6.45, 7) is 1.86. The molecule has 0 aliphatic rings. The minimum atomic E-state index is -0.475. The number of halogens is 1. The van der Waals surface area contributed by atoms with Gasteiger partial charge in [-0.15, -0.1) is 5.10 Å². The topological polar surface area (TPSA) is 95.6 Å². The van der Waals surface area contributed by atoms with Gasteiger partial charge in [0.2, 0.25) is 5.28 Å². The van der Waals surface area contributed by atoms with Crippen molar-refractivity contribution in [1.29, 1.82) is 0 Å². The van der Waals surface area contributed by atoms with Gasteiger partial charge in [-0.2, -0.15) is 4.98 Å². The molecule has 0 spiro atoms. The summed E-state index contributed by atoms with van der Waals surface area (Å²) in [6.07, 6.45) is 5.18. The van der Waals surface area contributed by atoms with Crippen LogP contribution in [-0.4, -0.2) is 44.3 Å². The normalized spacial score (nSPS) is 10.9. The van der Waals surface area contributed by atoms with Crippen molar-refractivity contribution in [3.05, 3.63) is 59.4 Å². The predicted molar refractivity (Wildman–Crippen MR) is 107 cm³/mol. The number of benzene rings is 1. The fourth-order valence-corrected chi connectivity index (χ4v) is 3.25. The highest BCUT2D eigenvalue weighted by Crippen LogP contribution is 2.28. The molecule has 148 valence electrons. The molecule has 0 amide bonds. The van der Waals surface area contributed by atoms with E-state index in [1.54, 1.807) is 33.9 Å². The number of hydrogen-bond donors (Lipinski definition) is 1. The van der Waals surface area contributed by atoms with Gasteiger partial charge in [-0.05, 0) is 48.4 Å². The Balaban J connectivity index is 1.70. The summed E-state index contributed by atoms with van der Waals surface area (Å²) < 4.78 is 13.6. The first-order chi connectivity index (χ1) is 14.0. The third-order valence-electron chi connectivity index (χ3n) is 4.36. The zero-order chi connectivity index (χ0) is 20.5. The Labute approximate surface area is 170 Å². The lowest BCUT2D eigenvalue weighted by Gasteiger charge is -2.13. The van der Waals surface area contributed by atoms with Gasteiger partial charge in [-0.3, -0.25) is 0 Å². The number of aryl methyl sites for hydroxylation is 1. The molecule has 9 nitrogen and oxygen atoms in total. The summed E-state index contributed by atoms with van der Waals surface area (Å²) in [5.41, 5.74) is 2.63. The monoisotopic (exact) mass is 412 g/mol. The maximum Gasteiger partial charge on any atom is 0.341 e. The number of fused-ring (bicyclic) bond motifs is 1. The summed E-state index contributed by atoms with van der Waals surface area (Å²) in [4.78, 5) is 20.7. The summed E-state index contributed by atoms with van der Waals surface area (Å²) >= 11 is 5.99. The van der Waals surface area contributed by atoms with E-state index in [1.165, 1.54) is 14.2 Å². The van der Waals surface area contributed by atoms with E-state index >= 15 is 0 Å². The van der Waals surface area contributed by atoms with Gasteiger partial charge in [-0.25, -0.2) is 14.3 Å². The molecule has 4 aromatic rings. The third kappa shape index (κ3) is 3.47. The number of hydrogen-bond acceptors (Lipinski definition) is 7. The first kappa shape index (κ1) is 18.8. The minimum absolute atomic E-state index is 0.115. The van der Waals surface area contributed by atoms with Crippen LogP contribution in [0.3, 0.4) is 0 Å². The molecule has 0 atom stereocenters. The van der Waals surface area contributed by atoms with Crippen LogP contribution in [0.25, 0.3) is 11.2 Å². The number of ether oxygens (including phenoxy) is 2. The number of anilines is 2. The van der Waals surface area contributed by atoms with Gasteiger partial charge in [0.15, 0.2) is 5.82 Å². The van der Waals surface area contributed by atoms with Crippen LogP contribution in [0.4, 0.5) is 11.6 Å². The van der Waals surface area contributed by atoms with Crippen LogP contribution in [-0.2, 0) is 4.74 Å². The molecule has 10 heteroatoms. The van der Waals surface area contributed by atoms with Gasteiger partial charge >= 0.3 is 5.97 Å². The van der Waals surface area contributed by atoms with Crippen molar-refractivity contribution in [3.8, 4) is 11.4 Å². The van der Waals surface area contributed by atoms with E-state index in [-0.39, 0.29) is 5.28 Å². The van der Waals surface area contributed by atoms with Gasteiger partial charge in [0, 0.05) is 11.9 Å². The number of esters is 1. The van der Waals surface area contributed by atoms with Crippen molar-refractivity contribution in [1.82, 2.24) is 24.1 Å². The molecule has 29 heavy (non-hydrogen) atoms. The van der Waals surface area contributed by atoms with Gasteiger partial charge in [0.05, 0.1) is 20.4 Å². The molecule has 1 aromatic carbocycles. The highest BCUT2D eigenvalue weighted by atomic mass is 35.5. The van der Waals surface area contributed by atoms with Crippen LogP contribution in [0.2, 0.25) is 5.28 Å².